The molecule has 3 rings (SSSR count). The molecule has 0 bridgehead atoms. The van der Waals surface area contributed by atoms with Gasteiger partial charge in [0.05, 0.1) is 23.4 Å². The minimum Gasteiger partial charge on any atom is -0.385 e. The molecule has 3 aromatic rings. The summed E-state index contributed by atoms with van der Waals surface area (Å²) in [6.45, 7) is 2.11. The van der Waals surface area contributed by atoms with Gasteiger partial charge in [0.25, 0.3) is 0 Å². The molecule has 7 nitrogen and oxygen atoms in total. The SMILES string of the molecule is CCc1cc(NC(=O)NCC(O)c2ccnn2C)c2ccccc2n1. The molecule has 0 fully saturated rings. The van der Waals surface area contributed by atoms with Crippen LogP contribution >= 0.6 is 0 Å². The van der Waals surface area contributed by atoms with Gasteiger partial charge in [-0.25, -0.2) is 4.79 Å². The van der Waals surface area contributed by atoms with E-state index in [-0.39, 0.29) is 12.6 Å². The van der Waals surface area contributed by atoms with Crippen LogP contribution in [0.4, 0.5) is 10.5 Å². The van der Waals surface area contributed by atoms with Crippen molar-refractivity contribution in [2.45, 2.75) is 19.4 Å². The summed E-state index contributed by atoms with van der Waals surface area (Å²) in [7, 11) is 1.74. The number of amides is 2. The largest absolute Gasteiger partial charge is 0.385 e. The van der Waals surface area contributed by atoms with Crippen molar-refractivity contribution < 1.29 is 9.90 Å². The summed E-state index contributed by atoms with van der Waals surface area (Å²) in [4.78, 5) is 16.8. The van der Waals surface area contributed by atoms with Crippen molar-refractivity contribution >= 4 is 22.6 Å². The maximum absolute atomic E-state index is 12.2. The molecule has 25 heavy (non-hydrogen) atoms. The lowest BCUT2D eigenvalue weighted by Gasteiger charge is -2.14. The molecule has 130 valence electrons. The Morgan fingerprint density at radius 2 is 2.12 bits per heavy atom. The van der Waals surface area contributed by atoms with Crippen LogP contribution in [-0.4, -0.2) is 32.4 Å². The minimum atomic E-state index is -0.821. The number of aryl methyl sites for hydroxylation is 2. The normalized spacial score (nSPS) is 12.1. The van der Waals surface area contributed by atoms with Gasteiger partial charge in [-0.1, -0.05) is 25.1 Å². The molecule has 0 spiro atoms. The summed E-state index contributed by atoms with van der Waals surface area (Å²) in [5, 5.41) is 20.6. The van der Waals surface area contributed by atoms with Gasteiger partial charge in [0.1, 0.15) is 6.10 Å². The lowest BCUT2D eigenvalue weighted by molar-refractivity contribution is 0.166. The van der Waals surface area contributed by atoms with Gasteiger partial charge < -0.3 is 15.7 Å². The number of hydrogen-bond acceptors (Lipinski definition) is 4. The molecule has 2 aromatic heterocycles. The Kier molecular flexibility index (Phi) is 4.95. The third-order valence-electron chi connectivity index (χ3n) is 4.04. The molecule has 0 saturated heterocycles. The molecule has 0 aliphatic rings. The first kappa shape index (κ1) is 16.9. The van der Waals surface area contributed by atoms with Gasteiger partial charge in [-0.05, 0) is 24.6 Å². The highest BCUT2D eigenvalue weighted by Crippen LogP contribution is 2.23. The average molecular weight is 339 g/mol. The van der Waals surface area contributed by atoms with E-state index in [0.29, 0.717) is 11.4 Å². The van der Waals surface area contributed by atoms with Crippen LogP contribution < -0.4 is 10.6 Å². The molecule has 0 aliphatic carbocycles. The van der Waals surface area contributed by atoms with Gasteiger partial charge in [0.15, 0.2) is 0 Å². The summed E-state index contributed by atoms with van der Waals surface area (Å²) in [6, 6.07) is 10.9. The molecule has 2 amide bonds. The quantitative estimate of drug-likeness (QED) is 0.665. The molecule has 7 heteroatoms. The highest BCUT2D eigenvalue weighted by Gasteiger charge is 2.13. The van der Waals surface area contributed by atoms with Crippen molar-refractivity contribution in [3.63, 3.8) is 0 Å². The van der Waals surface area contributed by atoms with Gasteiger partial charge in [0, 0.05) is 24.3 Å². The number of hydrogen-bond donors (Lipinski definition) is 3. The predicted molar refractivity (Wildman–Crippen MR) is 96.3 cm³/mol. The van der Waals surface area contributed by atoms with E-state index in [9.17, 15) is 9.90 Å². The fraction of sp³-hybridized carbons (Fsp3) is 0.278. The molecule has 1 aromatic carbocycles. The van der Waals surface area contributed by atoms with E-state index in [1.165, 1.54) is 0 Å². The van der Waals surface area contributed by atoms with Crippen LogP contribution in [0.25, 0.3) is 10.9 Å². The zero-order valence-electron chi connectivity index (χ0n) is 14.2. The van der Waals surface area contributed by atoms with Crippen LogP contribution in [0.1, 0.15) is 24.4 Å². The van der Waals surface area contributed by atoms with E-state index in [1.807, 2.05) is 37.3 Å². The van der Waals surface area contributed by atoms with Crippen LogP contribution in [0.15, 0.2) is 42.6 Å². The number of benzene rings is 1. The van der Waals surface area contributed by atoms with E-state index in [2.05, 4.69) is 20.7 Å². The number of urea groups is 1. The molecule has 1 atom stereocenters. The number of carbonyl (C=O) groups is 1. The maximum Gasteiger partial charge on any atom is 0.319 e. The fourth-order valence-electron chi connectivity index (χ4n) is 2.69. The third-order valence-corrected chi connectivity index (χ3v) is 4.04. The van der Waals surface area contributed by atoms with E-state index < -0.39 is 6.10 Å². The van der Waals surface area contributed by atoms with Gasteiger partial charge in [-0.15, -0.1) is 0 Å². The van der Waals surface area contributed by atoms with Crippen molar-refractivity contribution in [3.05, 3.63) is 54.0 Å². The van der Waals surface area contributed by atoms with E-state index in [1.54, 1.807) is 24.0 Å². The Bertz CT molecular complexity index is 890. The van der Waals surface area contributed by atoms with Crippen molar-refractivity contribution in [1.82, 2.24) is 20.1 Å². The molecule has 2 heterocycles. The number of para-hydroxylation sites is 1. The number of anilines is 1. The van der Waals surface area contributed by atoms with Gasteiger partial charge >= 0.3 is 6.03 Å². The molecular formula is C18H21N5O2. The Morgan fingerprint density at radius 1 is 1.32 bits per heavy atom. The molecule has 1 unspecified atom stereocenters. The van der Waals surface area contributed by atoms with Crippen LogP contribution in [0.3, 0.4) is 0 Å². The molecular weight excluding hydrogens is 318 g/mol. The molecule has 0 saturated carbocycles. The van der Waals surface area contributed by atoms with Crippen molar-refractivity contribution in [3.8, 4) is 0 Å². The molecule has 3 N–H and O–H groups in total. The average Bonchev–Trinajstić information content (AvgIpc) is 3.05. The second-order valence-electron chi connectivity index (χ2n) is 5.76. The number of nitrogens with zero attached hydrogens (tertiary/aromatic N) is 3. The Labute approximate surface area is 145 Å². The topological polar surface area (TPSA) is 92.1 Å². The van der Waals surface area contributed by atoms with Crippen LogP contribution in [0.5, 0.6) is 0 Å². The summed E-state index contributed by atoms with van der Waals surface area (Å²) < 4.78 is 1.58. The summed E-state index contributed by atoms with van der Waals surface area (Å²) in [5.74, 6) is 0. The summed E-state index contributed by atoms with van der Waals surface area (Å²) in [6.07, 6.45) is 1.56. The number of pyridine rings is 1. The van der Waals surface area contributed by atoms with Crippen molar-refractivity contribution in [2.75, 3.05) is 11.9 Å². The number of fused-ring (bicyclic) bond motifs is 1. The number of rotatable bonds is 5. The Morgan fingerprint density at radius 3 is 2.84 bits per heavy atom. The monoisotopic (exact) mass is 339 g/mol. The number of carbonyl (C=O) groups excluding carboxylic acids is 1. The van der Waals surface area contributed by atoms with Crippen molar-refractivity contribution in [2.24, 2.45) is 7.05 Å². The summed E-state index contributed by atoms with van der Waals surface area (Å²) in [5.41, 5.74) is 3.09. The zero-order chi connectivity index (χ0) is 17.8. The highest BCUT2D eigenvalue weighted by atomic mass is 16.3. The first-order valence-corrected chi connectivity index (χ1v) is 8.18. The van der Waals surface area contributed by atoms with Gasteiger partial charge in [-0.2, -0.15) is 5.10 Å². The minimum absolute atomic E-state index is 0.0923. The summed E-state index contributed by atoms with van der Waals surface area (Å²) >= 11 is 0. The van der Waals surface area contributed by atoms with E-state index in [0.717, 1.165) is 23.0 Å². The second-order valence-corrected chi connectivity index (χ2v) is 5.76. The third kappa shape index (κ3) is 3.77. The van der Waals surface area contributed by atoms with Crippen molar-refractivity contribution in [1.29, 1.82) is 0 Å². The fourth-order valence-corrected chi connectivity index (χ4v) is 2.69. The van der Waals surface area contributed by atoms with Crippen LogP contribution in [0, 0.1) is 0 Å². The number of aliphatic hydroxyl groups excluding tert-OH is 1. The molecule has 0 radical (unpaired) electrons. The van der Waals surface area contributed by atoms with E-state index in [4.69, 9.17) is 0 Å². The zero-order valence-corrected chi connectivity index (χ0v) is 14.2. The maximum atomic E-state index is 12.2. The highest BCUT2D eigenvalue weighted by molar-refractivity contribution is 6.00. The number of aliphatic hydroxyl groups is 1. The smallest absolute Gasteiger partial charge is 0.319 e. The first-order valence-electron chi connectivity index (χ1n) is 8.18. The van der Waals surface area contributed by atoms with Crippen LogP contribution in [0.2, 0.25) is 0 Å². The van der Waals surface area contributed by atoms with Crippen LogP contribution in [-0.2, 0) is 13.5 Å². The number of aromatic nitrogens is 3. The Balaban J connectivity index is 1.71. The number of nitrogens with one attached hydrogen (secondary N) is 2. The molecule has 0 aliphatic heterocycles. The van der Waals surface area contributed by atoms with Gasteiger partial charge in [-0.3, -0.25) is 9.67 Å². The van der Waals surface area contributed by atoms with E-state index >= 15 is 0 Å². The second kappa shape index (κ2) is 7.31. The predicted octanol–water partition coefficient (Wildman–Crippen LogP) is 2.39. The standard InChI is InChI=1S/C18H21N5O2/c1-3-12-10-15(13-6-4-5-7-14(13)21-12)22-18(25)19-11-17(24)16-8-9-20-23(16)2/h4-10,17,24H,3,11H2,1-2H3,(H2,19,21,22,25). The lowest BCUT2D eigenvalue weighted by atomic mass is 10.1. The lowest BCUT2D eigenvalue weighted by Crippen LogP contribution is -2.33. The van der Waals surface area contributed by atoms with Gasteiger partial charge in [0.2, 0.25) is 0 Å². The Hall–Kier alpha value is -2.93. The first-order chi connectivity index (χ1) is 12.1.